The summed E-state index contributed by atoms with van der Waals surface area (Å²) in [5.41, 5.74) is 6.56. The van der Waals surface area contributed by atoms with E-state index in [2.05, 4.69) is 4.72 Å². The van der Waals surface area contributed by atoms with Gasteiger partial charge in [0, 0.05) is 11.4 Å². The van der Waals surface area contributed by atoms with E-state index in [4.69, 9.17) is 5.73 Å². The molecule has 0 spiro atoms. The second kappa shape index (κ2) is 5.28. The second-order valence-corrected chi connectivity index (χ2v) is 7.04. The Bertz CT molecular complexity index is 696. The minimum atomic E-state index is -3.70. The van der Waals surface area contributed by atoms with Gasteiger partial charge in [0.1, 0.15) is 10.0 Å². The van der Waals surface area contributed by atoms with Crippen molar-refractivity contribution >= 4 is 27.0 Å². The maximum absolute atomic E-state index is 13.0. The number of aryl methyl sites for hydroxylation is 1. The molecule has 4 nitrogen and oxygen atoms in total. The molecule has 1 heterocycles. The predicted molar refractivity (Wildman–Crippen MR) is 74.2 cm³/mol. The molecule has 0 saturated carbocycles. The zero-order valence-corrected chi connectivity index (χ0v) is 11.8. The lowest BCUT2D eigenvalue weighted by atomic mass is 10.3. The first-order valence-electron chi connectivity index (χ1n) is 5.50. The quantitative estimate of drug-likeness (QED) is 0.911. The van der Waals surface area contributed by atoms with Gasteiger partial charge in [0.05, 0.1) is 5.69 Å². The normalized spacial score (nSPS) is 11.5. The van der Waals surface area contributed by atoms with Crippen molar-refractivity contribution in [3.8, 4) is 0 Å². The van der Waals surface area contributed by atoms with Gasteiger partial charge in [0.25, 0.3) is 10.0 Å². The topological polar surface area (TPSA) is 72.2 Å². The van der Waals surface area contributed by atoms with Gasteiger partial charge in [-0.1, -0.05) is 6.07 Å². The summed E-state index contributed by atoms with van der Waals surface area (Å²) in [4.78, 5) is 0.819. The van der Waals surface area contributed by atoms with Crippen LogP contribution in [-0.4, -0.2) is 8.42 Å². The second-order valence-electron chi connectivity index (χ2n) is 3.99. The molecule has 2 aromatic rings. The molecule has 0 bridgehead atoms. The van der Waals surface area contributed by atoms with Crippen molar-refractivity contribution in [2.45, 2.75) is 17.7 Å². The molecule has 0 atom stereocenters. The maximum Gasteiger partial charge on any atom is 0.271 e. The van der Waals surface area contributed by atoms with Crippen LogP contribution < -0.4 is 10.5 Å². The van der Waals surface area contributed by atoms with Crippen molar-refractivity contribution in [1.29, 1.82) is 0 Å². The van der Waals surface area contributed by atoms with Crippen LogP contribution >= 0.6 is 11.3 Å². The smallest absolute Gasteiger partial charge is 0.271 e. The third-order valence-electron chi connectivity index (χ3n) is 2.53. The summed E-state index contributed by atoms with van der Waals surface area (Å²) in [6.45, 7) is 2.10. The Morgan fingerprint density at radius 1 is 1.37 bits per heavy atom. The highest BCUT2D eigenvalue weighted by atomic mass is 32.2. The van der Waals surface area contributed by atoms with Gasteiger partial charge in [-0.05, 0) is 36.8 Å². The van der Waals surface area contributed by atoms with Crippen molar-refractivity contribution in [2.24, 2.45) is 5.73 Å². The lowest BCUT2D eigenvalue weighted by Gasteiger charge is -2.05. The van der Waals surface area contributed by atoms with Gasteiger partial charge in [-0.3, -0.25) is 4.72 Å². The third-order valence-corrected chi connectivity index (χ3v) is 5.64. The molecule has 19 heavy (non-hydrogen) atoms. The molecule has 0 saturated heterocycles. The number of anilines is 1. The highest BCUT2D eigenvalue weighted by Crippen LogP contribution is 2.27. The summed E-state index contributed by atoms with van der Waals surface area (Å²) < 4.78 is 39.8. The van der Waals surface area contributed by atoms with Crippen LogP contribution in [0, 0.1) is 12.7 Å². The maximum atomic E-state index is 13.0. The predicted octanol–water partition coefficient (Wildman–Crippen LogP) is 2.46. The monoisotopic (exact) mass is 300 g/mol. The van der Waals surface area contributed by atoms with Crippen molar-refractivity contribution < 1.29 is 12.8 Å². The highest BCUT2D eigenvalue weighted by molar-refractivity contribution is 7.94. The van der Waals surface area contributed by atoms with Gasteiger partial charge in [-0.25, -0.2) is 12.8 Å². The van der Waals surface area contributed by atoms with E-state index >= 15 is 0 Å². The van der Waals surface area contributed by atoms with Crippen LogP contribution in [0.3, 0.4) is 0 Å². The molecule has 1 aromatic carbocycles. The number of benzene rings is 1. The molecular formula is C12H13FN2O2S2. The Morgan fingerprint density at radius 2 is 2.11 bits per heavy atom. The molecule has 3 N–H and O–H groups in total. The summed E-state index contributed by atoms with van der Waals surface area (Å²) in [5, 5.41) is 0. The van der Waals surface area contributed by atoms with Crippen LogP contribution in [0.1, 0.15) is 10.4 Å². The van der Waals surface area contributed by atoms with E-state index in [1.807, 2.05) is 0 Å². The number of nitrogens with two attached hydrogens (primary N) is 1. The number of hydrogen-bond acceptors (Lipinski definition) is 4. The van der Waals surface area contributed by atoms with Gasteiger partial charge in [0.15, 0.2) is 0 Å². The molecule has 0 amide bonds. The van der Waals surface area contributed by atoms with Gasteiger partial charge < -0.3 is 5.73 Å². The molecule has 7 heteroatoms. The van der Waals surface area contributed by atoms with Crippen molar-refractivity contribution in [3.63, 3.8) is 0 Å². The minimum Gasteiger partial charge on any atom is -0.326 e. The Labute approximate surface area is 115 Å². The van der Waals surface area contributed by atoms with Crippen LogP contribution in [-0.2, 0) is 16.6 Å². The van der Waals surface area contributed by atoms with Crippen molar-refractivity contribution in [1.82, 2.24) is 0 Å². The minimum absolute atomic E-state index is 0.176. The molecule has 0 unspecified atom stereocenters. The van der Waals surface area contributed by atoms with Gasteiger partial charge in [-0.2, -0.15) is 0 Å². The lowest BCUT2D eigenvalue weighted by molar-refractivity contribution is 0.603. The van der Waals surface area contributed by atoms with Crippen molar-refractivity contribution in [2.75, 3.05) is 4.72 Å². The molecular weight excluding hydrogens is 287 g/mol. The van der Waals surface area contributed by atoms with E-state index in [1.165, 1.54) is 18.2 Å². The Morgan fingerprint density at radius 3 is 2.68 bits per heavy atom. The van der Waals surface area contributed by atoms with E-state index in [0.717, 1.165) is 27.8 Å². The summed E-state index contributed by atoms with van der Waals surface area (Å²) in [7, 11) is -3.70. The van der Waals surface area contributed by atoms with E-state index in [0.29, 0.717) is 6.54 Å². The zero-order valence-electron chi connectivity index (χ0n) is 10.2. The van der Waals surface area contributed by atoms with Crippen LogP contribution in [0.15, 0.2) is 34.5 Å². The number of thiophene rings is 1. The number of halogens is 1. The summed E-state index contributed by atoms with van der Waals surface area (Å²) >= 11 is 1.12. The number of sulfonamides is 1. The first-order valence-corrected chi connectivity index (χ1v) is 7.80. The molecule has 2 rings (SSSR count). The highest BCUT2D eigenvalue weighted by Gasteiger charge is 2.18. The Kier molecular flexibility index (Phi) is 3.88. The van der Waals surface area contributed by atoms with Gasteiger partial charge >= 0.3 is 0 Å². The molecule has 0 aliphatic carbocycles. The molecule has 0 aliphatic heterocycles. The van der Waals surface area contributed by atoms with E-state index in [1.54, 1.807) is 13.0 Å². The fourth-order valence-corrected chi connectivity index (χ4v) is 4.10. The summed E-state index contributed by atoms with van der Waals surface area (Å²) in [5.74, 6) is -0.495. The lowest BCUT2D eigenvalue weighted by Crippen LogP contribution is -2.11. The van der Waals surface area contributed by atoms with Crippen LogP contribution in [0.4, 0.5) is 10.1 Å². The first kappa shape index (κ1) is 14.0. The largest absolute Gasteiger partial charge is 0.326 e. The van der Waals surface area contributed by atoms with Crippen molar-refractivity contribution in [3.05, 3.63) is 46.6 Å². The van der Waals surface area contributed by atoms with Crippen LogP contribution in [0.25, 0.3) is 0 Å². The first-order chi connectivity index (χ1) is 8.92. The number of hydrogen-bond donors (Lipinski definition) is 2. The van der Waals surface area contributed by atoms with Crippen LogP contribution in [0.5, 0.6) is 0 Å². The van der Waals surface area contributed by atoms with E-state index in [9.17, 15) is 12.8 Å². The van der Waals surface area contributed by atoms with Gasteiger partial charge in [0.2, 0.25) is 0 Å². The SMILES string of the molecule is Cc1cc(S(=O)(=O)Nc2cccc(F)c2)sc1CN. The Hall–Kier alpha value is -1.44. The van der Waals surface area contributed by atoms with E-state index < -0.39 is 15.8 Å². The molecule has 0 radical (unpaired) electrons. The Balaban J connectivity index is 2.32. The fraction of sp³-hybridized carbons (Fsp3) is 0.167. The fourth-order valence-electron chi connectivity index (χ4n) is 1.58. The van der Waals surface area contributed by atoms with Crippen LogP contribution in [0.2, 0.25) is 0 Å². The molecule has 0 aliphatic rings. The average molecular weight is 300 g/mol. The molecule has 0 fully saturated rings. The summed E-state index contributed by atoms with van der Waals surface area (Å²) in [6, 6.07) is 6.87. The molecule has 1 aromatic heterocycles. The summed E-state index contributed by atoms with van der Waals surface area (Å²) in [6.07, 6.45) is 0. The van der Waals surface area contributed by atoms with Gasteiger partial charge in [-0.15, -0.1) is 11.3 Å². The number of nitrogens with one attached hydrogen (secondary N) is 1. The zero-order chi connectivity index (χ0) is 14.0. The third kappa shape index (κ3) is 3.12. The van der Waals surface area contributed by atoms with E-state index in [-0.39, 0.29) is 9.90 Å². The standard InChI is InChI=1S/C12H13FN2O2S2/c1-8-5-12(18-11(8)7-14)19(16,17)15-10-4-2-3-9(13)6-10/h2-6,15H,7,14H2,1H3. The molecule has 102 valence electrons. The average Bonchev–Trinajstić information content (AvgIpc) is 2.71. The number of rotatable bonds is 4.